The van der Waals surface area contributed by atoms with Crippen molar-refractivity contribution < 1.29 is 19.2 Å². The Labute approximate surface area is 148 Å². The summed E-state index contributed by atoms with van der Waals surface area (Å²) in [7, 11) is 0. The van der Waals surface area contributed by atoms with Gasteiger partial charge in [0.25, 0.3) is 17.7 Å². The number of imide groups is 1. The molecule has 5 amide bonds. The number of hydrogen-bond donors (Lipinski definition) is 3. The van der Waals surface area contributed by atoms with E-state index in [1.165, 1.54) is 11.3 Å². The number of hydrazine groups is 1. The molecule has 3 N–H and O–H groups in total. The second-order valence-electron chi connectivity index (χ2n) is 6.42. The summed E-state index contributed by atoms with van der Waals surface area (Å²) in [6, 6.07) is 2.79. The van der Waals surface area contributed by atoms with Crippen molar-refractivity contribution in [3.63, 3.8) is 0 Å². The zero-order valence-electron chi connectivity index (χ0n) is 13.8. The van der Waals surface area contributed by atoms with E-state index < -0.39 is 29.9 Å². The number of thiophene rings is 1. The quantitative estimate of drug-likeness (QED) is 0.549. The van der Waals surface area contributed by atoms with E-state index in [9.17, 15) is 19.2 Å². The van der Waals surface area contributed by atoms with Crippen LogP contribution < -0.4 is 16.2 Å². The van der Waals surface area contributed by atoms with E-state index in [0.29, 0.717) is 11.3 Å². The van der Waals surface area contributed by atoms with Crippen LogP contribution in [0.4, 0.5) is 4.79 Å². The van der Waals surface area contributed by atoms with Crippen molar-refractivity contribution in [1.29, 1.82) is 0 Å². The van der Waals surface area contributed by atoms with Crippen LogP contribution in [0.25, 0.3) is 0 Å². The van der Waals surface area contributed by atoms with Crippen LogP contribution in [0.5, 0.6) is 0 Å². The molecule has 0 aromatic carbocycles. The van der Waals surface area contributed by atoms with Crippen molar-refractivity contribution in [3.8, 4) is 0 Å². The Hall–Kier alpha value is -2.42. The number of amides is 5. The van der Waals surface area contributed by atoms with Gasteiger partial charge >= 0.3 is 6.03 Å². The molecule has 1 spiro atoms. The van der Waals surface area contributed by atoms with E-state index in [1.807, 2.05) is 6.92 Å². The highest BCUT2D eigenvalue weighted by molar-refractivity contribution is 7.12. The summed E-state index contributed by atoms with van der Waals surface area (Å²) in [5.74, 6) is -1.40. The van der Waals surface area contributed by atoms with Crippen molar-refractivity contribution in [3.05, 3.63) is 22.4 Å². The van der Waals surface area contributed by atoms with Crippen LogP contribution >= 0.6 is 11.3 Å². The van der Waals surface area contributed by atoms with Gasteiger partial charge in [0.05, 0.1) is 4.88 Å². The van der Waals surface area contributed by atoms with Crippen LogP contribution in [0.2, 0.25) is 0 Å². The van der Waals surface area contributed by atoms with Crippen molar-refractivity contribution in [2.75, 3.05) is 6.54 Å². The van der Waals surface area contributed by atoms with Crippen LogP contribution in [0.15, 0.2) is 17.5 Å². The molecule has 0 bridgehead atoms. The second kappa shape index (κ2) is 6.83. The largest absolute Gasteiger partial charge is 0.325 e. The standard InChI is InChI=1S/C16H20N4O4S/c1-10-5-2-3-7-16(10)14(23)20(15(24)17-16)9-12(21)18-19-13(22)11-6-4-8-25-11/h4,6,8,10H,2-3,5,7,9H2,1H3,(H,17,24)(H,18,21)(H,19,22)/t10-,16-/m1/s1. The number of carbonyl (C=O) groups is 4. The van der Waals surface area contributed by atoms with E-state index in [-0.39, 0.29) is 11.8 Å². The zero-order chi connectivity index (χ0) is 18.0. The third-order valence-electron chi connectivity index (χ3n) is 4.86. The minimum absolute atomic E-state index is 0.0318. The maximum absolute atomic E-state index is 12.7. The second-order valence-corrected chi connectivity index (χ2v) is 7.37. The van der Waals surface area contributed by atoms with Gasteiger partial charge in [-0.1, -0.05) is 25.8 Å². The fourth-order valence-electron chi connectivity index (χ4n) is 3.42. The maximum atomic E-state index is 12.7. The highest BCUT2D eigenvalue weighted by Crippen LogP contribution is 2.38. The monoisotopic (exact) mass is 364 g/mol. The molecule has 1 saturated heterocycles. The van der Waals surface area contributed by atoms with Crippen LogP contribution in [0.3, 0.4) is 0 Å². The molecule has 2 fully saturated rings. The van der Waals surface area contributed by atoms with Gasteiger partial charge < -0.3 is 5.32 Å². The predicted octanol–water partition coefficient (Wildman–Crippen LogP) is 1.01. The van der Waals surface area contributed by atoms with Gasteiger partial charge in [-0.15, -0.1) is 11.3 Å². The van der Waals surface area contributed by atoms with Crippen molar-refractivity contribution in [2.45, 2.75) is 38.1 Å². The summed E-state index contributed by atoms with van der Waals surface area (Å²) in [5.41, 5.74) is 3.61. The lowest BCUT2D eigenvalue weighted by Gasteiger charge is -2.36. The molecule has 0 radical (unpaired) electrons. The van der Waals surface area contributed by atoms with Gasteiger partial charge in [-0.05, 0) is 30.2 Å². The summed E-state index contributed by atoms with van der Waals surface area (Å²) < 4.78 is 0. The highest BCUT2D eigenvalue weighted by Gasteiger charge is 2.55. The van der Waals surface area contributed by atoms with Gasteiger partial charge in [-0.2, -0.15) is 0 Å². The van der Waals surface area contributed by atoms with Gasteiger partial charge in [0.15, 0.2) is 0 Å². The van der Waals surface area contributed by atoms with E-state index in [1.54, 1.807) is 17.5 Å². The number of urea groups is 1. The van der Waals surface area contributed by atoms with Gasteiger partial charge in [0.2, 0.25) is 0 Å². The first kappa shape index (κ1) is 17.4. The number of nitrogens with one attached hydrogen (secondary N) is 3. The molecule has 1 aliphatic carbocycles. The topological polar surface area (TPSA) is 108 Å². The third-order valence-corrected chi connectivity index (χ3v) is 5.73. The van der Waals surface area contributed by atoms with Crippen LogP contribution in [-0.2, 0) is 9.59 Å². The third kappa shape index (κ3) is 3.23. The SMILES string of the molecule is C[C@@H]1CCCC[C@@]12NC(=O)N(CC(=O)NNC(=O)c1cccs1)C2=O. The Morgan fingerprint density at radius 3 is 2.84 bits per heavy atom. The molecule has 2 atom stereocenters. The molecule has 2 heterocycles. The molecular weight excluding hydrogens is 344 g/mol. The normalized spacial score (nSPS) is 25.8. The lowest BCUT2D eigenvalue weighted by molar-refractivity contribution is -0.137. The maximum Gasteiger partial charge on any atom is 0.325 e. The number of hydrogen-bond acceptors (Lipinski definition) is 5. The Balaban J connectivity index is 1.58. The molecule has 3 rings (SSSR count). The number of rotatable bonds is 3. The molecular formula is C16H20N4O4S. The van der Waals surface area contributed by atoms with E-state index in [2.05, 4.69) is 16.2 Å². The summed E-state index contributed by atoms with van der Waals surface area (Å²) in [4.78, 5) is 50.1. The van der Waals surface area contributed by atoms with Gasteiger partial charge in [-0.25, -0.2) is 4.79 Å². The Morgan fingerprint density at radius 2 is 2.16 bits per heavy atom. The molecule has 1 aromatic heterocycles. The fraction of sp³-hybridized carbons (Fsp3) is 0.500. The first-order valence-corrected chi connectivity index (χ1v) is 9.09. The zero-order valence-corrected chi connectivity index (χ0v) is 14.6. The summed E-state index contributed by atoms with van der Waals surface area (Å²) >= 11 is 1.24. The first-order valence-electron chi connectivity index (χ1n) is 8.21. The van der Waals surface area contributed by atoms with Gasteiger partial charge in [0.1, 0.15) is 12.1 Å². The minimum Gasteiger partial charge on any atom is -0.323 e. The Morgan fingerprint density at radius 1 is 1.36 bits per heavy atom. The molecule has 0 unspecified atom stereocenters. The molecule has 2 aliphatic rings. The summed E-state index contributed by atoms with van der Waals surface area (Å²) in [6.45, 7) is 1.52. The molecule has 134 valence electrons. The molecule has 25 heavy (non-hydrogen) atoms. The van der Waals surface area contributed by atoms with Gasteiger partial charge in [0, 0.05) is 0 Å². The summed E-state index contributed by atoms with van der Waals surface area (Å²) in [6.07, 6.45) is 3.35. The van der Waals surface area contributed by atoms with Crippen molar-refractivity contribution in [2.24, 2.45) is 5.92 Å². The highest BCUT2D eigenvalue weighted by atomic mass is 32.1. The van der Waals surface area contributed by atoms with E-state index in [0.717, 1.165) is 24.2 Å². The Kier molecular flexibility index (Phi) is 4.76. The minimum atomic E-state index is -0.893. The average Bonchev–Trinajstić information content (AvgIpc) is 3.20. The van der Waals surface area contributed by atoms with E-state index >= 15 is 0 Å². The number of nitrogens with zero attached hydrogens (tertiary/aromatic N) is 1. The number of carbonyl (C=O) groups excluding carboxylic acids is 4. The first-order chi connectivity index (χ1) is 11.9. The average molecular weight is 364 g/mol. The predicted molar refractivity (Wildman–Crippen MR) is 90.5 cm³/mol. The summed E-state index contributed by atoms with van der Waals surface area (Å²) in [5, 5.41) is 4.53. The molecule has 1 aromatic rings. The molecule has 9 heteroatoms. The van der Waals surface area contributed by atoms with Crippen molar-refractivity contribution in [1.82, 2.24) is 21.1 Å². The molecule has 1 saturated carbocycles. The molecule has 1 aliphatic heterocycles. The smallest absolute Gasteiger partial charge is 0.323 e. The fourth-order valence-corrected chi connectivity index (χ4v) is 4.04. The Bertz CT molecular complexity index is 705. The van der Waals surface area contributed by atoms with Crippen LogP contribution in [-0.4, -0.2) is 40.7 Å². The lowest BCUT2D eigenvalue weighted by atomic mass is 9.73. The lowest BCUT2D eigenvalue weighted by Crippen LogP contribution is -2.54. The molecule has 8 nitrogen and oxygen atoms in total. The van der Waals surface area contributed by atoms with Crippen LogP contribution in [0.1, 0.15) is 42.3 Å². The van der Waals surface area contributed by atoms with Crippen LogP contribution in [0, 0.1) is 5.92 Å². The van der Waals surface area contributed by atoms with E-state index in [4.69, 9.17) is 0 Å². The van der Waals surface area contributed by atoms with Gasteiger partial charge in [-0.3, -0.25) is 30.1 Å². The van der Waals surface area contributed by atoms with Crippen molar-refractivity contribution >= 4 is 35.1 Å².